The van der Waals surface area contributed by atoms with E-state index >= 15 is 0 Å². The van der Waals surface area contributed by atoms with Crippen LogP contribution in [-0.4, -0.2) is 32.8 Å². The molecule has 0 saturated carbocycles. The van der Waals surface area contributed by atoms with Crippen molar-refractivity contribution < 1.29 is 14.3 Å². The van der Waals surface area contributed by atoms with Gasteiger partial charge in [0, 0.05) is 11.8 Å². The van der Waals surface area contributed by atoms with E-state index in [0.717, 1.165) is 11.3 Å². The second-order valence-electron chi connectivity index (χ2n) is 5.00. The molecular formula is C16H15N3O3S. The van der Waals surface area contributed by atoms with Crippen molar-refractivity contribution in [3.63, 3.8) is 0 Å². The molecule has 23 heavy (non-hydrogen) atoms. The Morgan fingerprint density at radius 2 is 2.13 bits per heavy atom. The first-order valence-corrected chi connectivity index (χ1v) is 8.17. The van der Waals surface area contributed by atoms with Gasteiger partial charge in [0.1, 0.15) is 18.6 Å². The maximum absolute atomic E-state index is 12.2. The smallest absolute Gasteiger partial charge is 0.270 e. The molecule has 1 fully saturated rings. The number of rotatable bonds is 5. The lowest BCUT2D eigenvalue weighted by Crippen LogP contribution is -2.37. The summed E-state index contributed by atoms with van der Waals surface area (Å²) in [5.74, 6) is 0.665. The summed E-state index contributed by atoms with van der Waals surface area (Å²) in [6.07, 6.45) is 1.93. The predicted octanol–water partition coefficient (Wildman–Crippen LogP) is 1.82. The Bertz CT molecular complexity index is 709. The van der Waals surface area contributed by atoms with Crippen molar-refractivity contribution in [2.45, 2.75) is 19.1 Å². The Morgan fingerprint density at radius 3 is 2.87 bits per heavy atom. The van der Waals surface area contributed by atoms with Gasteiger partial charge in [-0.05, 0) is 12.0 Å². The van der Waals surface area contributed by atoms with E-state index in [-0.39, 0.29) is 10.8 Å². The van der Waals surface area contributed by atoms with Gasteiger partial charge in [0.2, 0.25) is 11.0 Å². The van der Waals surface area contributed by atoms with Crippen LogP contribution in [0.4, 0.5) is 0 Å². The summed E-state index contributed by atoms with van der Waals surface area (Å²) >= 11 is 1.24. The monoisotopic (exact) mass is 329 g/mol. The number of amides is 1. The SMILES string of the molecule is O=C(NC1CCSC1=O)c1cc(OCc2ccccc2)ncn1. The van der Waals surface area contributed by atoms with Crippen LogP contribution in [0.15, 0.2) is 42.7 Å². The average Bonchev–Trinajstić information content (AvgIpc) is 2.99. The Morgan fingerprint density at radius 1 is 1.30 bits per heavy atom. The standard InChI is InChI=1S/C16H15N3O3S/c20-15(19-12-6-7-23-16(12)21)13-8-14(18-10-17-13)22-9-11-4-2-1-3-5-11/h1-5,8,10,12H,6-7,9H2,(H,19,20). The van der Waals surface area contributed by atoms with Gasteiger partial charge in [0.25, 0.3) is 5.91 Å². The summed E-state index contributed by atoms with van der Waals surface area (Å²) in [5.41, 5.74) is 1.19. The summed E-state index contributed by atoms with van der Waals surface area (Å²) in [6, 6.07) is 10.7. The molecule has 2 aromatic rings. The second kappa shape index (κ2) is 7.23. The molecule has 1 aromatic carbocycles. The number of hydrogen-bond acceptors (Lipinski definition) is 6. The molecule has 1 aliphatic heterocycles. The quantitative estimate of drug-likeness (QED) is 0.901. The van der Waals surface area contributed by atoms with Crippen LogP contribution in [-0.2, 0) is 11.4 Å². The van der Waals surface area contributed by atoms with Crippen LogP contribution in [0.3, 0.4) is 0 Å². The Labute approximate surface area is 137 Å². The van der Waals surface area contributed by atoms with Crippen molar-refractivity contribution in [1.29, 1.82) is 0 Å². The van der Waals surface area contributed by atoms with Crippen LogP contribution in [0, 0.1) is 0 Å². The molecule has 1 N–H and O–H groups in total. The highest BCUT2D eigenvalue weighted by Crippen LogP contribution is 2.20. The van der Waals surface area contributed by atoms with Crippen molar-refractivity contribution >= 4 is 22.8 Å². The van der Waals surface area contributed by atoms with Gasteiger partial charge in [0.15, 0.2) is 0 Å². The van der Waals surface area contributed by atoms with E-state index in [0.29, 0.717) is 18.9 Å². The molecule has 3 rings (SSSR count). The number of carbonyl (C=O) groups excluding carboxylic acids is 2. The molecule has 1 unspecified atom stereocenters. The molecule has 1 amide bonds. The molecule has 0 spiro atoms. The van der Waals surface area contributed by atoms with E-state index in [2.05, 4.69) is 15.3 Å². The number of nitrogens with zero attached hydrogens (tertiary/aromatic N) is 2. The largest absolute Gasteiger partial charge is 0.473 e. The highest BCUT2D eigenvalue weighted by molar-refractivity contribution is 8.14. The Balaban J connectivity index is 1.62. The number of benzene rings is 1. The number of ether oxygens (including phenoxy) is 1. The van der Waals surface area contributed by atoms with Crippen molar-refractivity contribution in [2.75, 3.05) is 5.75 Å². The third-order valence-electron chi connectivity index (χ3n) is 3.34. The van der Waals surface area contributed by atoms with Gasteiger partial charge in [-0.15, -0.1) is 0 Å². The van der Waals surface area contributed by atoms with Crippen LogP contribution in [0.2, 0.25) is 0 Å². The lowest BCUT2D eigenvalue weighted by atomic mass is 10.2. The van der Waals surface area contributed by atoms with Crippen LogP contribution >= 0.6 is 11.8 Å². The Kier molecular flexibility index (Phi) is 4.87. The zero-order valence-electron chi connectivity index (χ0n) is 12.3. The molecule has 118 valence electrons. The summed E-state index contributed by atoms with van der Waals surface area (Å²) in [4.78, 5) is 31.7. The summed E-state index contributed by atoms with van der Waals surface area (Å²) in [5, 5.41) is 2.68. The van der Waals surface area contributed by atoms with Gasteiger partial charge in [-0.1, -0.05) is 42.1 Å². The van der Waals surface area contributed by atoms with E-state index in [1.165, 1.54) is 24.2 Å². The number of hydrogen-bond donors (Lipinski definition) is 1. The van der Waals surface area contributed by atoms with E-state index in [9.17, 15) is 9.59 Å². The molecule has 0 aliphatic carbocycles. The van der Waals surface area contributed by atoms with Crippen molar-refractivity contribution in [3.05, 3.63) is 54.0 Å². The van der Waals surface area contributed by atoms with Gasteiger partial charge in [-0.25, -0.2) is 9.97 Å². The fourth-order valence-electron chi connectivity index (χ4n) is 2.13. The van der Waals surface area contributed by atoms with Crippen molar-refractivity contribution in [1.82, 2.24) is 15.3 Å². The first kappa shape index (κ1) is 15.5. The first-order valence-electron chi connectivity index (χ1n) is 7.18. The van der Waals surface area contributed by atoms with Gasteiger partial charge in [-0.3, -0.25) is 9.59 Å². The average molecular weight is 329 g/mol. The lowest BCUT2D eigenvalue weighted by Gasteiger charge is -2.10. The highest BCUT2D eigenvalue weighted by atomic mass is 32.2. The minimum Gasteiger partial charge on any atom is -0.473 e. The first-order chi connectivity index (χ1) is 11.2. The van der Waals surface area contributed by atoms with E-state index in [1.807, 2.05) is 30.3 Å². The number of carbonyl (C=O) groups is 2. The fraction of sp³-hybridized carbons (Fsp3) is 0.250. The van der Waals surface area contributed by atoms with Crippen molar-refractivity contribution in [2.24, 2.45) is 0 Å². The molecule has 2 heterocycles. The predicted molar refractivity (Wildman–Crippen MR) is 86.1 cm³/mol. The molecular weight excluding hydrogens is 314 g/mol. The topological polar surface area (TPSA) is 81.2 Å². The molecule has 0 radical (unpaired) electrons. The van der Waals surface area contributed by atoms with Gasteiger partial charge in [-0.2, -0.15) is 0 Å². The molecule has 1 aliphatic rings. The minimum atomic E-state index is -0.434. The number of thioether (sulfide) groups is 1. The van der Waals surface area contributed by atoms with Crippen LogP contribution in [0.25, 0.3) is 0 Å². The van der Waals surface area contributed by atoms with E-state index in [1.54, 1.807) is 0 Å². The third kappa shape index (κ3) is 4.07. The third-order valence-corrected chi connectivity index (χ3v) is 4.35. The molecule has 6 nitrogen and oxygen atoms in total. The van der Waals surface area contributed by atoms with E-state index < -0.39 is 11.9 Å². The summed E-state index contributed by atoms with van der Waals surface area (Å²) in [6.45, 7) is 0.358. The lowest BCUT2D eigenvalue weighted by molar-refractivity contribution is -0.112. The molecule has 1 aromatic heterocycles. The minimum absolute atomic E-state index is 0.00652. The maximum Gasteiger partial charge on any atom is 0.270 e. The Hall–Kier alpha value is -2.41. The highest BCUT2D eigenvalue weighted by Gasteiger charge is 2.27. The normalized spacial score (nSPS) is 17.0. The zero-order valence-corrected chi connectivity index (χ0v) is 13.1. The molecule has 1 atom stereocenters. The maximum atomic E-state index is 12.2. The van der Waals surface area contributed by atoms with Crippen molar-refractivity contribution in [3.8, 4) is 5.88 Å². The number of aromatic nitrogens is 2. The summed E-state index contributed by atoms with van der Waals surface area (Å²) < 4.78 is 5.57. The zero-order chi connectivity index (χ0) is 16.1. The van der Waals surface area contributed by atoms with Crippen LogP contribution in [0.1, 0.15) is 22.5 Å². The fourth-order valence-corrected chi connectivity index (χ4v) is 3.07. The van der Waals surface area contributed by atoms with Crippen LogP contribution in [0.5, 0.6) is 5.88 Å². The number of nitrogens with one attached hydrogen (secondary N) is 1. The van der Waals surface area contributed by atoms with Crippen LogP contribution < -0.4 is 10.1 Å². The van der Waals surface area contributed by atoms with E-state index in [4.69, 9.17) is 4.74 Å². The summed E-state index contributed by atoms with van der Waals surface area (Å²) in [7, 11) is 0. The van der Waals surface area contributed by atoms with Gasteiger partial charge in [0.05, 0.1) is 6.04 Å². The molecule has 0 bridgehead atoms. The second-order valence-corrected chi connectivity index (χ2v) is 6.10. The molecule has 7 heteroatoms. The van der Waals surface area contributed by atoms with Gasteiger partial charge < -0.3 is 10.1 Å². The van der Waals surface area contributed by atoms with Gasteiger partial charge >= 0.3 is 0 Å². The molecule has 1 saturated heterocycles.